The van der Waals surface area contributed by atoms with Crippen molar-refractivity contribution in [1.82, 2.24) is 5.32 Å². The maximum atomic E-state index is 13.9. The number of carbonyl (C=O) groups is 2. The molecule has 3 aromatic carbocycles. The smallest absolute Gasteiger partial charge is 0.336 e. The van der Waals surface area contributed by atoms with E-state index >= 15 is 0 Å². The minimum atomic E-state index is -0.690. The summed E-state index contributed by atoms with van der Waals surface area (Å²) in [6.07, 6.45) is 1.47. The number of aromatic hydroxyl groups is 1. The van der Waals surface area contributed by atoms with Crippen LogP contribution in [-0.4, -0.2) is 30.6 Å². The fraction of sp³-hybridized carbons (Fsp3) is 0.250. The van der Waals surface area contributed by atoms with Crippen molar-refractivity contribution in [3.8, 4) is 11.5 Å². The average molecular weight is 623 g/mol. The molecule has 1 heterocycles. The van der Waals surface area contributed by atoms with Crippen molar-refractivity contribution in [3.63, 3.8) is 0 Å². The first-order valence-corrected chi connectivity index (χ1v) is 14.2. The number of methoxy groups -OCH3 is 1. The second-order valence-electron chi connectivity index (χ2n) is 9.99. The normalized spacial score (nSPS) is 18.8. The van der Waals surface area contributed by atoms with Gasteiger partial charge in [0.25, 0.3) is 0 Å². The van der Waals surface area contributed by atoms with Crippen LogP contribution in [0, 0.1) is 0 Å². The summed E-state index contributed by atoms with van der Waals surface area (Å²) in [6.45, 7) is 2.03. The van der Waals surface area contributed by atoms with E-state index in [0.29, 0.717) is 51.2 Å². The number of rotatable bonds is 7. The lowest BCUT2D eigenvalue weighted by Crippen LogP contribution is -2.36. The SMILES string of the molecule is COc1cc(C2C(C(=O)OCCc3ccccc3)=C(C)NC3=C2C(=O)CC(c2ccc(Cl)cc2)C3)cc(Br)c1O. The number of dihydropyridines is 1. The van der Waals surface area contributed by atoms with Gasteiger partial charge in [0.15, 0.2) is 17.3 Å². The van der Waals surface area contributed by atoms with E-state index in [2.05, 4.69) is 21.2 Å². The standard InChI is InChI=1S/C32H29BrClNO5/c1-18-28(32(38)40-13-12-19-6-4-3-5-7-19)29(22-14-24(33)31(37)27(17-22)39-2)30-25(35-18)15-21(16-26(30)36)20-8-10-23(34)11-9-20/h3-11,14,17,21,29,35,37H,12-13,15-16H2,1-2H3. The highest BCUT2D eigenvalue weighted by Gasteiger charge is 2.42. The molecule has 0 amide bonds. The first-order valence-electron chi connectivity index (χ1n) is 13.0. The summed E-state index contributed by atoms with van der Waals surface area (Å²) in [5.41, 5.74) is 5.04. The molecule has 206 valence electrons. The molecule has 0 saturated heterocycles. The highest BCUT2D eigenvalue weighted by atomic mass is 79.9. The Kier molecular flexibility index (Phi) is 8.33. The van der Waals surface area contributed by atoms with Crippen molar-refractivity contribution in [1.29, 1.82) is 0 Å². The second-order valence-corrected chi connectivity index (χ2v) is 11.3. The van der Waals surface area contributed by atoms with E-state index in [4.69, 9.17) is 21.1 Å². The van der Waals surface area contributed by atoms with Crippen molar-refractivity contribution in [2.45, 2.75) is 38.0 Å². The predicted molar refractivity (Wildman–Crippen MR) is 158 cm³/mol. The summed E-state index contributed by atoms with van der Waals surface area (Å²) >= 11 is 9.49. The Bertz CT molecular complexity index is 1510. The zero-order valence-electron chi connectivity index (χ0n) is 22.2. The minimum Gasteiger partial charge on any atom is -0.503 e. The van der Waals surface area contributed by atoms with Gasteiger partial charge in [-0.3, -0.25) is 4.79 Å². The van der Waals surface area contributed by atoms with Gasteiger partial charge in [-0.05, 0) is 76.1 Å². The van der Waals surface area contributed by atoms with Crippen LogP contribution in [0.1, 0.15) is 48.3 Å². The van der Waals surface area contributed by atoms with Gasteiger partial charge >= 0.3 is 5.97 Å². The molecule has 1 aliphatic heterocycles. The molecule has 1 aliphatic carbocycles. The van der Waals surface area contributed by atoms with Crippen molar-refractivity contribution in [2.75, 3.05) is 13.7 Å². The molecule has 6 nitrogen and oxygen atoms in total. The lowest BCUT2D eigenvalue weighted by molar-refractivity contribution is -0.139. The number of phenols is 1. The van der Waals surface area contributed by atoms with E-state index < -0.39 is 11.9 Å². The van der Waals surface area contributed by atoms with Gasteiger partial charge < -0.3 is 19.9 Å². The molecule has 2 N–H and O–H groups in total. The largest absolute Gasteiger partial charge is 0.503 e. The third kappa shape index (κ3) is 5.67. The van der Waals surface area contributed by atoms with Crippen LogP contribution in [0.25, 0.3) is 0 Å². The van der Waals surface area contributed by atoms with Crippen LogP contribution in [-0.2, 0) is 20.7 Å². The van der Waals surface area contributed by atoms with Crippen LogP contribution in [0.3, 0.4) is 0 Å². The number of Topliss-reactive ketones (excluding diaryl/α,β-unsaturated/α-hetero) is 1. The van der Waals surface area contributed by atoms with Crippen molar-refractivity contribution in [2.24, 2.45) is 0 Å². The number of allylic oxidation sites excluding steroid dienone is 3. The lowest BCUT2D eigenvalue weighted by atomic mass is 9.71. The van der Waals surface area contributed by atoms with Crippen LogP contribution in [0.2, 0.25) is 5.02 Å². The number of halogens is 2. The molecule has 2 unspecified atom stereocenters. The minimum absolute atomic E-state index is 0.0232. The van der Waals surface area contributed by atoms with Gasteiger partial charge in [-0.1, -0.05) is 54.1 Å². The Morgan fingerprint density at radius 2 is 1.80 bits per heavy atom. The average Bonchev–Trinajstić information content (AvgIpc) is 2.94. The van der Waals surface area contributed by atoms with E-state index in [1.54, 1.807) is 12.1 Å². The molecule has 0 fully saturated rings. The summed E-state index contributed by atoms with van der Waals surface area (Å²) in [5.74, 6) is -1.08. The monoisotopic (exact) mass is 621 g/mol. The summed E-state index contributed by atoms with van der Waals surface area (Å²) in [4.78, 5) is 27.5. The Balaban J connectivity index is 1.52. The summed E-state index contributed by atoms with van der Waals surface area (Å²) < 4.78 is 11.6. The van der Waals surface area contributed by atoms with E-state index in [9.17, 15) is 14.7 Å². The molecule has 2 atom stereocenters. The molecule has 0 aromatic heterocycles. The maximum Gasteiger partial charge on any atom is 0.336 e. The fourth-order valence-corrected chi connectivity index (χ4v) is 6.10. The number of hydrogen-bond donors (Lipinski definition) is 2. The molecule has 2 aliphatic rings. The van der Waals surface area contributed by atoms with Crippen LogP contribution < -0.4 is 10.1 Å². The molecular weight excluding hydrogens is 594 g/mol. The number of benzene rings is 3. The molecule has 5 rings (SSSR count). The molecule has 0 spiro atoms. The quantitative estimate of drug-likeness (QED) is 0.277. The van der Waals surface area contributed by atoms with Crippen LogP contribution >= 0.6 is 27.5 Å². The fourth-order valence-electron chi connectivity index (χ4n) is 5.51. The lowest BCUT2D eigenvalue weighted by Gasteiger charge is -2.37. The van der Waals surface area contributed by atoms with Crippen molar-refractivity contribution in [3.05, 3.63) is 115 Å². The Morgan fingerprint density at radius 1 is 1.07 bits per heavy atom. The van der Waals surface area contributed by atoms with E-state index in [-0.39, 0.29) is 29.8 Å². The highest BCUT2D eigenvalue weighted by molar-refractivity contribution is 9.10. The van der Waals surface area contributed by atoms with Crippen molar-refractivity contribution < 1.29 is 24.2 Å². The third-order valence-corrected chi connectivity index (χ3v) is 8.32. The van der Waals surface area contributed by atoms with Gasteiger partial charge in [0, 0.05) is 40.7 Å². The summed E-state index contributed by atoms with van der Waals surface area (Å²) in [7, 11) is 1.46. The number of ether oxygens (including phenoxy) is 2. The zero-order valence-corrected chi connectivity index (χ0v) is 24.5. The van der Waals surface area contributed by atoms with Gasteiger partial charge in [0.1, 0.15) is 0 Å². The third-order valence-electron chi connectivity index (χ3n) is 7.46. The number of carbonyl (C=O) groups excluding carboxylic acids is 2. The van der Waals surface area contributed by atoms with Crippen LogP contribution in [0.4, 0.5) is 0 Å². The van der Waals surface area contributed by atoms with Gasteiger partial charge in [-0.25, -0.2) is 4.79 Å². The summed E-state index contributed by atoms with van der Waals surface area (Å²) in [5, 5.41) is 14.5. The topological polar surface area (TPSA) is 84.9 Å². The highest BCUT2D eigenvalue weighted by Crippen LogP contribution is 2.48. The summed E-state index contributed by atoms with van der Waals surface area (Å²) in [6, 6.07) is 20.8. The van der Waals surface area contributed by atoms with E-state index in [0.717, 1.165) is 16.8 Å². The Morgan fingerprint density at radius 3 is 2.50 bits per heavy atom. The van der Waals surface area contributed by atoms with Crippen molar-refractivity contribution >= 4 is 39.3 Å². The van der Waals surface area contributed by atoms with Crippen LogP contribution in [0.5, 0.6) is 11.5 Å². The molecule has 0 saturated carbocycles. The van der Waals surface area contributed by atoms with Gasteiger partial charge in [-0.2, -0.15) is 0 Å². The number of hydrogen-bond acceptors (Lipinski definition) is 6. The number of phenolic OH excluding ortho intramolecular Hbond substituents is 1. The Labute approximate surface area is 246 Å². The number of esters is 1. The van der Waals surface area contributed by atoms with E-state index in [1.807, 2.05) is 61.5 Å². The molecular formula is C32H29BrClNO5. The molecule has 3 aromatic rings. The van der Waals surface area contributed by atoms with Gasteiger partial charge in [0.2, 0.25) is 0 Å². The molecule has 8 heteroatoms. The van der Waals surface area contributed by atoms with E-state index in [1.165, 1.54) is 7.11 Å². The molecule has 40 heavy (non-hydrogen) atoms. The second kappa shape index (κ2) is 11.9. The maximum absolute atomic E-state index is 13.9. The Hall–Kier alpha value is -3.55. The first-order chi connectivity index (χ1) is 19.3. The predicted octanol–water partition coefficient (Wildman–Crippen LogP) is 6.96. The number of ketones is 1. The first kappa shape index (κ1) is 28.0. The van der Waals surface area contributed by atoms with Crippen LogP contribution in [0.15, 0.2) is 93.7 Å². The number of nitrogens with one attached hydrogen (secondary N) is 1. The van der Waals surface area contributed by atoms with Gasteiger partial charge in [0.05, 0.1) is 23.8 Å². The van der Waals surface area contributed by atoms with Gasteiger partial charge in [-0.15, -0.1) is 0 Å². The molecule has 0 radical (unpaired) electrons. The molecule has 0 bridgehead atoms. The zero-order chi connectivity index (χ0) is 28.4.